The van der Waals surface area contributed by atoms with Crippen LogP contribution in [0, 0.1) is 0 Å². The van der Waals surface area contributed by atoms with Crippen molar-refractivity contribution in [3.05, 3.63) is 64.5 Å². The highest BCUT2D eigenvalue weighted by molar-refractivity contribution is 5.93. The van der Waals surface area contributed by atoms with Gasteiger partial charge in [-0.1, -0.05) is 18.2 Å². The molecule has 0 saturated heterocycles. The minimum atomic E-state index is -0.455. The first kappa shape index (κ1) is 13.1. The lowest BCUT2D eigenvalue weighted by Gasteiger charge is -2.03. The van der Waals surface area contributed by atoms with Gasteiger partial charge in [-0.25, -0.2) is 10.5 Å². The summed E-state index contributed by atoms with van der Waals surface area (Å²) in [6, 6.07) is 8.73. The van der Waals surface area contributed by atoms with Crippen LogP contribution in [0.5, 0.6) is 0 Å². The van der Waals surface area contributed by atoms with Gasteiger partial charge < -0.3 is 4.42 Å². The molecule has 0 aliphatic rings. The second kappa shape index (κ2) is 5.22. The van der Waals surface area contributed by atoms with Gasteiger partial charge in [0.1, 0.15) is 18.6 Å². The van der Waals surface area contributed by atoms with Crippen molar-refractivity contribution in [3.8, 4) is 0 Å². The van der Waals surface area contributed by atoms with E-state index in [9.17, 15) is 9.59 Å². The minimum absolute atomic E-state index is 0.140. The number of carbonyl (C=O) groups excluding carboxylic acids is 1. The van der Waals surface area contributed by atoms with Crippen LogP contribution < -0.4 is 16.8 Å². The Labute approximate surface area is 118 Å². The Hall–Kier alpha value is -2.93. The van der Waals surface area contributed by atoms with E-state index < -0.39 is 5.91 Å². The number of furan rings is 1. The zero-order valence-corrected chi connectivity index (χ0v) is 10.9. The van der Waals surface area contributed by atoms with Gasteiger partial charge in [-0.3, -0.25) is 15.0 Å². The summed E-state index contributed by atoms with van der Waals surface area (Å²) in [6.45, 7) is 0.140. The van der Waals surface area contributed by atoms with E-state index >= 15 is 0 Å². The van der Waals surface area contributed by atoms with Crippen LogP contribution in [0.4, 0.5) is 0 Å². The predicted octanol–water partition coefficient (Wildman–Crippen LogP) is 0.641. The lowest BCUT2D eigenvalue weighted by atomic mass is 10.2. The van der Waals surface area contributed by atoms with Crippen LogP contribution in [0.1, 0.15) is 16.1 Å². The summed E-state index contributed by atoms with van der Waals surface area (Å²) in [4.78, 5) is 23.6. The maximum absolute atomic E-state index is 12.3. The number of amides is 1. The van der Waals surface area contributed by atoms with E-state index in [2.05, 4.69) is 5.10 Å². The molecule has 0 radical (unpaired) electrons. The van der Waals surface area contributed by atoms with Gasteiger partial charge in [-0.15, -0.1) is 0 Å². The second-order valence-electron chi connectivity index (χ2n) is 4.47. The number of nitrogens with two attached hydrogens (primary N) is 1. The van der Waals surface area contributed by atoms with E-state index in [1.807, 2.05) is 17.6 Å². The number of hydrazine groups is 1. The highest BCUT2D eigenvalue weighted by Crippen LogP contribution is 2.10. The fourth-order valence-electron chi connectivity index (χ4n) is 2.05. The Morgan fingerprint density at radius 3 is 3.00 bits per heavy atom. The number of nitrogen functional groups attached to an aromatic ring is 1. The molecule has 1 amide bonds. The second-order valence-corrected chi connectivity index (χ2v) is 4.47. The van der Waals surface area contributed by atoms with Gasteiger partial charge in [0.05, 0.1) is 17.1 Å². The van der Waals surface area contributed by atoms with Crippen molar-refractivity contribution in [1.82, 2.24) is 15.2 Å². The molecule has 1 aromatic carbocycles. The number of rotatable bonds is 3. The van der Waals surface area contributed by atoms with E-state index in [0.717, 1.165) is 5.39 Å². The summed E-state index contributed by atoms with van der Waals surface area (Å²) in [5.41, 5.74) is 2.09. The van der Waals surface area contributed by atoms with Gasteiger partial charge >= 0.3 is 0 Å². The van der Waals surface area contributed by atoms with Crippen LogP contribution >= 0.6 is 0 Å². The lowest BCUT2D eigenvalue weighted by molar-refractivity contribution is 0.0953. The third-order valence-electron chi connectivity index (χ3n) is 3.11. The van der Waals surface area contributed by atoms with Gasteiger partial charge in [-0.2, -0.15) is 5.10 Å². The van der Waals surface area contributed by atoms with Crippen molar-refractivity contribution in [2.24, 2.45) is 5.84 Å². The minimum Gasteiger partial charge on any atom is -0.467 e. The zero-order valence-electron chi connectivity index (χ0n) is 10.9. The average Bonchev–Trinajstić information content (AvgIpc) is 2.98. The van der Waals surface area contributed by atoms with Crippen LogP contribution in [-0.2, 0) is 6.54 Å². The van der Waals surface area contributed by atoms with Gasteiger partial charge in [0.2, 0.25) is 0 Å². The molecule has 0 aliphatic heterocycles. The van der Waals surface area contributed by atoms with Crippen LogP contribution in [-0.4, -0.2) is 15.7 Å². The molecule has 2 heterocycles. The van der Waals surface area contributed by atoms with E-state index in [4.69, 9.17) is 10.3 Å². The van der Waals surface area contributed by atoms with E-state index in [-0.39, 0.29) is 12.1 Å². The summed E-state index contributed by atoms with van der Waals surface area (Å²) >= 11 is 0. The first-order chi connectivity index (χ1) is 10.2. The summed E-state index contributed by atoms with van der Waals surface area (Å²) in [7, 11) is 0. The highest BCUT2D eigenvalue weighted by Gasteiger charge is 2.11. The molecule has 106 valence electrons. The molecule has 3 aromatic rings. The quantitative estimate of drug-likeness (QED) is 0.417. The molecule has 7 nitrogen and oxygen atoms in total. The fraction of sp³-hybridized carbons (Fsp3) is 0.0714. The zero-order chi connectivity index (χ0) is 14.8. The lowest BCUT2D eigenvalue weighted by Crippen LogP contribution is -2.29. The number of nitrogens with zero attached hydrogens (tertiary/aromatic N) is 2. The molecular weight excluding hydrogens is 272 g/mol. The van der Waals surface area contributed by atoms with Crippen LogP contribution in [0.15, 0.2) is 52.0 Å². The molecule has 3 N–H and O–H groups in total. The summed E-state index contributed by atoms with van der Waals surface area (Å²) in [5.74, 6) is 5.03. The van der Waals surface area contributed by atoms with E-state index in [1.165, 1.54) is 17.0 Å². The molecule has 0 aliphatic carbocycles. The van der Waals surface area contributed by atoms with Gasteiger partial charge in [0, 0.05) is 5.39 Å². The SMILES string of the molecule is NNC(=O)c1coc(Cn2ncc3ccccc3c2=O)c1. The van der Waals surface area contributed by atoms with Crippen LogP contribution in [0.25, 0.3) is 10.8 Å². The molecule has 0 fully saturated rings. The molecule has 0 bridgehead atoms. The number of fused-ring (bicyclic) bond motifs is 1. The van der Waals surface area contributed by atoms with Crippen LogP contribution in [0.3, 0.4) is 0 Å². The normalized spacial score (nSPS) is 10.7. The summed E-state index contributed by atoms with van der Waals surface area (Å²) in [5, 5.41) is 5.46. The molecule has 0 unspecified atom stereocenters. The fourth-order valence-corrected chi connectivity index (χ4v) is 2.05. The molecule has 21 heavy (non-hydrogen) atoms. The van der Waals surface area contributed by atoms with Crippen molar-refractivity contribution >= 4 is 16.7 Å². The molecule has 2 aromatic heterocycles. The van der Waals surface area contributed by atoms with Gasteiger partial charge in [0.15, 0.2) is 0 Å². The van der Waals surface area contributed by atoms with Gasteiger partial charge in [0.25, 0.3) is 11.5 Å². The van der Waals surface area contributed by atoms with Crippen LogP contribution in [0.2, 0.25) is 0 Å². The van der Waals surface area contributed by atoms with Crippen molar-refractivity contribution in [2.45, 2.75) is 6.54 Å². The molecule has 0 atom stereocenters. The van der Waals surface area contributed by atoms with Crippen molar-refractivity contribution in [2.75, 3.05) is 0 Å². The Kier molecular flexibility index (Phi) is 3.25. The number of nitrogens with one attached hydrogen (secondary N) is 1. The summed E-state index contributed by atoms with van der Waals surface area (Å²) in [6.07, 6.45) is 2.90. The third kappa shape index (κ3) is 2.41. The first-order valence-corrected chi connectivity index (χ1v) is 6.22. The topological polar surface area (TPSA) is 103 Å². The molecule has 3 rings (SSSR count). The number of benzene rings is 1. The molecular formula is C14H12N4O3. The Bertz CT molecular complexity index is 866. The first-order valence-electron chi connectivity index (χ1n) is 6.22. The summed E-state index contributed by atoms with van der Waals surface area (Å²) < 4.78 is 6.53. The molecule has 0 spiro atoms. The number of hydrogen-bond acceptors (Lipinski definition) is 5. The number of aromatic nitrogens is 2. The predicted molar refractivity (Wildman–Crippen MR) is 75.5 cm³/mol. The average molecular weight is 284 g/mol. The smallest absolute Gasteiger partial charge is 0.275 e. The Balaban J connectivity index is 1.95. The largest absolute Gasteiger partial charge is 0.467 e. The Morgan fingerprint density at radius 2 is 2.19 bits per heavy atom. The van der Waals surface area contributed by atoms with E-state index in [1.54, 1.807) is 18.3 Å². The maximum Gasteiger partial charge on any atom is 0.275 e. The van der Waals surface area contributed by atoms with Gasteiger partial charge in [-0.05, 0) is 12.1 Å². The number of carbonyl (C=O) groups is 1. The molecule has 7 heteroatoms. The molecule has 0 saturated carbocycles. The number of hydrogen-bond donors (Lipinski definition) is 2. The highest BCUT2D eigenvalue weighted by atomic mass is 16.3. The maximum atomic E-state index is 12.3. The standard InChI is InChI=1S/C14H12N4O3/c15-17-13(19)10-5-11(21-8-10)7-18-14(20)12-4-2-1-3-9(12)6-16-18/h1-6,8H,7,15H2,(H,17,19). The van der Waals surface area contributed by atoms with Crippen molar-refractivity contribution in [3.63, 3.8) is 0 Å². The van der Waals surface area contributed by atoms with Crippen molar-refractivity contribution < 1.29 is 9.21 Å². The monoisotopic (exact) mass is 284 g/mol. The Morgan fingerprint density at radius 1 is 1.38 bits per heavy atom. The third-order valence-corrected chi connectivity index (χ3v) is 3.11. The van der Waals surface area contributed by atoms with Crippen molar-refractivity contribution in [1.29, 1.82) is 0 Å². The van der Waals surface area contributed by atoms with E-state index in [0.29, 0.717) is 16.7 Å².